The molecule has 1 saturated heterocycles. The van der Waals surface area contributed by atoms with Crippen molar-refractivity contribution >= 4 is 46.0 Å². The Morgan fingerprint density at radius 2 is 1.90 bits per heavy atom. The van der Waals surface area contributed by atoms with E-state index < -0.39 is 0 Å². The van der Waals surface area contributed by atoms with Gasteiger partial charge in [0.05, 0.1) is 24.8 Å². The van der Waals surface area contributed by atoms with Crippen LogP contribution in [0.4, 0.5) is 5.69 Å². The van der Waals surface area contributed by atoms with Crippen LogP contribution in [0.1, 0.15) is 22.3 Å². The van der Waals surface area contributed by atoms with E-state index in [1.807, 2.05) is 50.3 Å². The second-order valence-corrected chi connectivity index (χ2v) is 8.37. The molecule has 0 radical (unpaired) electrons. The number of amides is 1. The van der Waals surface area contributed by atoms with Gasteiger partial charge in [-0.1, -0.05) is 36.1 Å². The van der Waals surface area contributed by atoms with Gasteiger partial charge in [0.15, 0.2) is 15.8 Å². The minimum absolute atomic E-state index is 0.122. The molecule has 1 aliphatic rings. The first-order chi connectivity index (χ1) is 13.9. The van der Waals surface area contributed by atoms with E-state index >= 15 is 0 Å². The molecule has 0 N–H and O–H groups in total. The van der Waals surface area contributed by atoms with Crippen molar-refractivity contribution in [1.82, 2.24) is 0 Å². The van der Waals surface area contributed by atoms with Crippen molar-refractivity contribution in [2.24, 2.45) is 0 Å². The molecule has 1 heterocycles. The number of rotatable bonds is 6. The van der Waals surface area contributed by atoms with Gasteiger partial charge in [0.1, 0.15) is 0 Å². The third kappa shape index (κ3) is 4.23. The Balaban J connectivity index is 2.00. The van der Waals surface area contributed by atoms with E-state index in [0.29, 0.717) is 27.1 Å². The van der Waals surface area contributed by atoms with Crippen molar-refractivity contribution in [2.75, 3.05) is 19.1 Å². The van der Waals surface area contributed by atoms with E-state index in [0.717, 1.165) is 22.4 Å². The summed E-state index contributed by atoms with van der Waals surface area (Å²) in [5.41, 5.74) is 4.88. The Morgan fingerprint density at radius 1 is 1.14 bits per heavy atom. The molecule has 2 aromatic rings. The van der Waals surface area contributed by atoms with Gasteiger partial charge >= 0.3 is 0 Å². The fourth-order valence-corrected chi connectivity index (χ4v) is 4.46. The first kappa shape index (κ1) is 21.1. The fraction of sp³-hybridized carbons (Fsp3) is 0.217. The Hall–Kier alpha value is -2.57. The maximum Gasteiger partial charge on any atom is 0.270 e. The molecular weight excluding hydrogens is 402 g/mol. The molecule has 4 nitrogen and oxygen atoms in total. The summed E-state index contributed by atoms with van der Waals surface area (Å²) in [4.78, 5) is 15.2. The van der Waals surface area contributed by atoms with Crippen molar-refractivity contribution in [2.45, 2.75) is 20.3 Å². The van der Waals surface area contributed by atoms with Gasteiger partial charge in [-0.2, -0.15) is 0 Å². The molecule has 150 valence electrons. The van der Waals surface area contributed by atoms with E-state index in [1.54, 1.807) is 25.2 Å². The highest BCUT2D eigenvalue weighted by Gasteiger charge is 2.33. The third-order valence-corrected chi connectivity index (χ3v) is 6.08. The Labute approximate surface area is 181 Å². The molecule has 1 amide bonds. The Bertz CT molecular complexity index is 1030. The molecule has 0 saturated carbocycles. The fourth-order valence-electron chi connectivity index (χ4n) is 3.16. The summed E-state index contributed by atoms with van der Waals surface area (Å²) >= 11 is 6.79. The number of hydrogen-bond acceptors (Lipinski definition) is 5. The highest BCUT2D eigenvalue weighted by molar-refractivity contribution is 8.27. The number of thiocarbonyl (C=S) groups is 1. The molecule has 6 heteroatoms. The molecule has 2 aromatic carbocycles. The summed E-state index contributed by atoms with van der Waals surface area (Å²) < 4.78 is 11.5. The van der Waals surface area contributed by atoms with Gasteiger partial charge in [-0.15, -0.1) is 6.58 Å². The van der Waals surface area contributed by atoms with Gasteiger partial charge in [-0.25, -0.2) is 0 Å². The number of hydrogen-bond donors (Lipinski definition) is 0. The van der Waals surface area contributed by atoms with E-state index in [4.69, 9.17) is 21.7 Å². The lowest BCUT2D eigenvalue weighted by atomic mass is 10.0. The standard InChI is InChI=1S/C23H23NO3S2/c1-6-7-17-11-16(12-19(26-4)21(17)27-5)13-20-22(25)24(23(28)29-20)18-9-8-14(2)15(3)10-18/h6,8-13H,1,7H2,2-5H3/b20-13-. The molecule has 0 aliphatic carbocycles. The van der Waals surface area contributed by atoms with E-state index in [-0.39, 0.29) is 5.91 Å². The third-order valence-electron chi connectivity index (χ3n) is 4.78. The Morgan fingerprint density at radius 3 is 2.52 bits per heavy atom. The van der Waals surface area contributed by atoms with E-state index in [1.165, 1.54) is 17.3 Å². The van der Waals surface area contributed by atoms with Crippen molar-refractivity contribution < 1.29 is 14.3 Å². The SMILES string of the molecule is C=CCc1cc(/C=C2\SC(=S)N(c3ccc(C)c(C)c3)C2=O)cc(OC)c1OC. The molecule has 29 heavy (non-hydrogen) atoms. The number of nitrogens with zero attached hydrogens (tertiary/aromatic N) is 1. The number of benzene rings is 2. The van der Waals surface area contributed by atoms with Gasteiger partial charge < -0.3 is 9.47 Å². The molecule has 1 fully saturated rings. The van der Waals surface area contributed by atoms with Crippen LogP contribution in [0.2, 0.25) is 0 Å². The van der Waals surface area contributed by atoms with Crippen LogP contribution in [-0.2, 0) is 11.2 Å². The summed E-state index contributed by atoms with van der Waals surface area (Å²) in [6.07, 6.45) is 4.28. The Kier molecular flexibility index (Phi) is 6.45. The molecule has 0 aromatic heterocycles. The van der Waals surface area contributed by atoms with Crippen LogP contribution in [0.25, 0.3) is 6.08 Å². The number of anilines is 1. The predicted octanol–water partition coefficient (Wildman–Crippen LogP) is 5.45. The van der Waals surface area contributed by atoms with E-state index in [9.17, 15) is 4.79 Å². The number of ether oxygens (including phenoxy) is 2. The highest BCUT2D eigenvalue weighted by Crippen LogP contribution is 2.39. The van der Waals surface area contributed by atoms with Crippen molar-refractivity contribution in [3.8, 4) is 11.5 Å². The lowest BCUT2D eigenvalue weighted by molar-refractivity contribution is -0.113. The first-order valence-electron chi connectivity index (χ1n) is 9.10. The van der Waals surface area contributed by atoms with Crippen molar-refractivity contribution in [3.63, 3.8) is 0 Å². The molecular formula is C23H23NO3S2. The zero-order valence-electron chi connectivity index (χ0n) is 16.9. The average molecular weight is 426 g/mol. The molecule has 1 aliphatic heterocycles. The van der Waals surface area contributed by atoms with Gasteiger partial charge in [0, 0.05) is 5.56 Å². The minimum atomic E-state index is -0.122. The summed E-state index contributed by atoms with van der Waals surface area (Å²) in [5, 5.41) is 0. The zero-order valence-corrected chi connectivity index (χ0v) is 18.6. The second kappa shape index (κ2) is 8.84. The van der Waals surface area contributed by atoms with Gasteiger partial charge in [0.2, 0.25) is 0 Å². The minimum Gasteiger partial charge on any atom is -0.493 e. The second-order valence-electron chi connectivity index (χ2n) is 6.69. The zero-order chi connectivity index (χ0) is 21.1. The molecule has 0 unspecified atom stereocenters. The van der Waals surface area contributed by atoms with Gasteiger partial charge in [-0.3, -0.25) is 9.69 Å². The predicted molar refractivity (Wildman–Crippen MR) is 125 cm³/mol. The van der Waals surface area contributed by atoms with Crippen LogP contribution in [0.3, 0.4) is 0 Å². The number of aryl methyl sites for hydroxylation is 2. The first-order valence-corrected chi connectivity index (χ1v) is 10.3. The molecule has 3 rings (SSSR count). The lowest BCUT2D eigenvalue weighted by Gasteiger charge is -2.16. The highest BCUT2D eigenvalue weighted by atomic mass is 32.2. The summed E-state index contributed by atoms with van der Waals surface area (Å²) in [5.74, 6) is 1.17. The summed E-state index contributed by atoms with van der Waals surface area (Å²) in [6, 6.07) is 9.75. The molecule has 0 atom stereocenters. The summed E-state index contributed by atoms with van der Waals surface area (Å²) in [6.45, 7) is 7.87. The average Bonchev–Trinajstić information content (AvgIpc) is 2.97. The normalized spacial score (nSPS) is 15.2. The van der Waals surface area contributed by atoms with Gasteiger partial charge in [0.25, 0.3) is 5.91 Å². The van der Waals surface area contributed by atoms with Crippen LogP contribution in [-0.4, -0.2) is 24.4 Å². The molecule has 0 spiro atoms. The smallest absolute Gasteiger partial charge is 0.270 e. The lowest BCUT2D eigenvalue weighted by Crippen LogP contribution is -2.27. The number of allylic oxidation sites excluding steroid dienone is 1. The molecule has 0 bridgehead atoms. The monoisotopic (exact) mass is 425 g/mol. The maximum atomic E-state index is 13.1. The van der Waals surface area contributed by atoms with Crippen LogP contribution >= 0.6 is 24.0 Å². The topological polar surface area (TPSA) is 38.8 Å². The van der Waals surface area contributed by atoms with E-state index in [2.05, 4.69) is 6.58 Å². The number of thioether (sulfide) groups is 1. The van der Waals surface area contributed by atoms with Crippen molar-refractivity contribution in [1.29, 1.82) is 0 Å². The van der Waals surface area contributed by atoms with Crippen LogP contribution in [0.5, 0.6) is 11.5 Å². The largest absolute Gasteiger partial charge is 0.493 e. The number of methoxy groups -OCH3 is 2. The maximum absolute atomic E-state index is 13.1. The van der Waals surface area contributed by atoms with Crippen LogP contribution in [0, 0.1) is 13.8 Å². The van der Waals surface area contributed by atoms with Crippen LogP contribution in [0.15, 0.2) is 47.9 Å². The quantitative estimate of drug-likeness (QED) is 0.349. The van der Waals surface area contributed by atoms with Crippen LogP contribution < -0.4 is 14.4 Å². The summed E-state index contributed by atoms with van der Waals surface area (Å²) in [7, 11) is 3.21. The van der Waals surface area contributed by atoms with Gasteiger partial charge in [-0.05, 0) is 67.3 Å². The number of carbonyl (C=O) groups is 1. The van der Waals surface area contributed by atoms with Crippen molar-refractivity contribution in [3.05, 3.63) is 70.1 Å². The number of carbonyl (C=O) groups excluding carboxylic acids is 1.